The summed E-state index contributed by atoms with van der Waals surface area (Å²) in [4.78, 5) is 12.7. The molecule has 1 saturated heterocycles. The lowest BCUT2D eigenvalue weighted by atomic mass is 9.73. The van der Waals surface area contributed by atoms with E-state index in [0.717, 1.165) is 18.6 Å². The molecule has 1 fully saturated rings. The molecule has 2 aromatic rings. The Kier molecular flexibility index (Phi) is 6.92. The molecule has 1 aliphatic heterocycles. The lowest BCUT2D eigenvalue weighted by Crippen LogP contribution is -2.49. The summed E-state index contributed by atoms with van der Waals surface area (Å²) in [6, 6.07) is 7.67. The SMILES string of the molecule is CCC(NCC1(c2cc(C)ccc2OC)CCOCC1)C(=O)Nc1cc(C)on1. The Bertz CT molecular complexity index is 827. The zero-order valence-corrected chi connectivity index (χ0v) is 17.7. The minimum absolute atomic E-state index is 0.112. The second-order valence-corrected chi connectivity index (χ2v) is 7.75. The van der Waals surface area contributed by atoms with Crippen LogP contribution in [0.3, 0.4) is 0 Å². The number of amides is 1. The first-order valence-electron chi connectivity index (χ1n) is 10.2. The fourth-order valence-electron chi connectivity index (χ4n) is 3.92. The van der Waals surface area contributed by atoms with Crippen molar-refractivity contribution in [1.29, 1.82) is 0 Å². The van der Waals surface area contributed by atoms with E-state index in [2.05, 4.69) is 34.8 Å². The molecule has 1 aromatic heterocycles. The van der Waals surface area contributed by atoms with Gasteiger partial charge in [0.05, 0.1) is 13.2 Å². The first-order chi connectivity index (χ1) is 14.0. The zero-order valence-electron chi connectivity index (χ0n) is 17.7. The van der Waals surface area contributed by atoms with Gasteiger partial charge in [0.15, 0.2) is 5.82 Å². The average molecular weight is 402 g/mol. The number of aromatic nitrogens is 1. The van der Waals surface area contributed by atoms with Crippen LogP contribution in [0.25, 0.3) is 0 Å². The van der Waals surface area contributed by atoms with Crippen molar-refractivity contribution in [2.75, 3.05) is 32.2 Å². The van der Waals surface area contributed by atoms with Crippen LogP contribution < -0.4 is 15.4 Å². The Morgan fingerprint density at radius 2 is 2.03 bits per heavy atom. The summed E-state index contributed by atoms with van der Waals surface area (Å²) in [5.41, 5.74) is 2.23. The van der Waals surface area contributed by atoms with E-state index in [1.54, 1.807) is 20.1 Å². The van der Waals surface area contributed by atoms with E-state index in [0.29, 0.717) is 37.8 Å². The second-order valence-electron chi connectivity index (χ2n) is 7.75. The van der Waals surface area contributed by atoms with Crippen LogP contribution in [0.4, 0.5) is 5.82 Å². The first-order valence-corrected chi connectivity index (χ1v) is 10.2. The van der Waals surface area contributed by atoms with Crippen molar-refractivity contribution in [3.8, 4) is 5.75 Å². The number of carbonyl (C=O) groups excluding carboxylic acids is 1. The standard InChI is InChI=1S/C22H31N3O4/c1-5-18(21(26)24-20-13-16(3)29-25-20)23-14-22(8-10-28-11-9-22)17-12-15(2)6-7-19(17)27-4/h6-7,12-13,18,23H,5,8-11,14H2,1-4H3,(H,24,25,26). The summed E-state index contributed by atoms with van der Waals surface area (Å²) >= 11 is 0. The first kappa shape index (κ1) is 21.3. The van der Waals surface area contributed by atoms with Gasteiger partial charge in [-0.3, -0.25) is 4.79 Å². The molecule has 0 spiro atoms. The third-order valence-corrected chi connectivity index (χ3v) is 5.67. The van der Waals surface area contributed by atoms with Gasteiger partial charge in [0.1, 0.15) is 11.5 Å². The largest absolute Gasteiger partial charge is 0.496 e. The predicted molar refractivity (Wildman–Crippen MR) is 111 cm³/mol. The number of anilines is 1. The Labute approximate surface area is 172 Å². The highest BCUT2D eigenvalue weighted by atomic mass is 16.5. The maximum atomic E-state index is 12.7. The third-order valence-electron chi connectivity index (χ3n) is 5.67. The van der Waals surface area contributed by atoms with Gasteiger partial charge in [0.2, 0.25) is 5.91 Å². The summed E-state index contributed by atoms with van der Waals surface area (Å²) in [6.07, 6.45) is 2.42. The maximum Gasteiger partial charge on any atom is 0.242 e. The molecule has 1 unspecified atom stereocenters. The Morgan fingerprint density at radius 3 is 2.66 bits per heavy atom. The average Bonchev–Trinajstić information content (AvgIpc) is 3.13. The fraction of sp³-hybridized carbons (Fsp3) is 0.545. The summed E-state index contributed by atoms with van der Waals surface area (Å²) in [5.74, 6) is 1.87. The van der Waals surface area contributed by atoms with Crippen LogP contribution in [0.15, 0.2) is 28.8 Å². The number of hydrogen-bond donors (Lipinski definition) is 2. The van der Waals surface area contributed by atoms with E-state index in [4.69, 9.17) is 14.0 Å². The minimum atomic E-state index is -0.331. The second kappa shape index (κ2) is 9.41. The van der Waals surface area contributed by atoms with E-state index in [9.17, 15) is 4.79 Å². The van der Waals surface area contributed by atoms with Gasteiger partial charge < -0.3 is 24.6 Å². The molecule has 1 aromatic carbocycles. The van der Waals surface area contributed by atoms with Gasteiger partial charge in [-0.2, -0.15) is 0 Å². The quantitative estimate of drug-likeness (QED) is 0.706. The van der Waals surface area contributed by atoms with E-state index >= 15 is 0 Å². The number of nitrogens with zero attached hydrogens (tertiary/aromatic N) is 1. The van der Waals surface area contributed by atoms with Crippen molar-refractivity contribution >= 4 is 11.7 Å². The molecule has 29 heavy (non-hydrogen) atoms. The number of methoxy groups -OCH3 is 1. The molecule has 2 N–H and O–H groups in total. The molecule has 2 heterocycles. The molecule has 0 bridgehead atoms. The molecule has 7 nitrogen and oxygen atoms in total. The third kappa shape index (κ3) is 4.97. The minimum Gasteiger partial charge on any atom is -0.496 e. The molecule has 1 atom stereocenters. The van der Waals surface area contributed by atoms with E-state index in [1.165, 1.54) is 11.1 Å². The van der Waals surface area contributed by atoms with E-state index in [-0.39, 0.29) is 17.4 Å². The summed E-state index contributed by atoms with van der Waals surface area (Å²) in [5, 5.41) is 10.2. The topological polar surface area (TPSA) is 85.6 Å². The number of aryl methyl sites for hydroxylation is 2. The van der Waals surface area contributed by atoms with Gasteiger partial charge in [-0.1, -0.05) is 29.8 Å². The lowest BCUT2D eigenvalue weighted by molar-refractivity contribution is -0.118. The number of ether oxygens (including phenoxy) is 2. The van der Waals surface area contributed by atoms with Crippen molar-refractivity contribution in [2.45, 2.75) is 51.5 Å². The van der Waals surface area contributed by atoms with Crippen molar-refractivity contribution in [3.05, 3.63) is 41.2 Å². The highest BCUT2D eigenvalue weighted by molar-refractivity contribution is 5.93. The number of benzene rings is 1. The Hall–Kier alpha value is -2.38. The summed E-state index contributed by atoms with van der Waals surface area (Å²) < 4.78 is 16.4. The van der Waals surface area contributed by atoms with Crippen LogP contribution >= 0.6 is 0 Å². The predicted octanol–water partition coefficient (Wildman–Crippen LogP) is 3.36. The van der Waals surface area contributed by atoms with Crippen molar-refractivity contribution in [2.24, 2.45) is 0 Å². The van der Waals surface area contributed by atoms with Crippen molar-refractivity contribution in [1.82, 2.24) is 10.5 Å². The van der Waals surface area contributed by atoms with Crippen LogP contribution in [0, 0.1) is 13.8 Å². The molecule has 1 aliphatic rings. The summed E-state index contributed by atoms with van der Waals surface area (Å²) in [6.45, 7) is 7.93. The molecule has 3 rings (SSSR count). The van der Waals surface area contributed by atoms with E-state index < -0.39 is 0 Å². The van der Waals surface area contributed by atoms with Crippen LogP contribution in [0.2, 0.25) is 0 Å². The number of nitrogens with one attached hydrogen (secondary N) is 2. The van der Waals surface area contributed by atoms with Crippen LogP contribution in [-0.4, -0.2) is 44.0 Å². The summed E-state index contributed by atoms with van der Waals surface area (Å²) in [7, 11) is 1.71. The van der Waals surface area contributed by atoms with Gasteiger partial charge in [0.25, 0.3) is 0 Å². The van der Waals surface area contributed by atoms with Gasteiger partial charge in [-0.25, -0.2) is 0 Å². The van der Waals surface area contributed by atoms with Crippen molar-refractivity contribution in [3.63, 3.8) is 0 Å². The van der Waals surface area contributed by atoms with Crippen molar-refractivity contribution < 1.29 is 18.8 Å². The van der Waals surface area contributed by atoms with Crippen LogP contribution in [0.1, 0.15) is 43.1 Å². The van der Waals surface area contributed by atoms with Gasteiger partial charge in [-0.05, 0) is 39.2 Å². The van der Waals surface area contributed by atoms with Gasteiger partial charge in [-0.15, -0.1) is 0 Å². The van der Waals surface area contributed by atoms with Gasteiger partial charge in [0, 0.05) is 36.8 Å². The molecular formula is C22H31N3O4. The fourth-order valence-corrected chi connectivity index (χ4v) is 3.92. The molecule has 158 valence electrons. The zero-order chi connectivity index (χ0) is 20.9. The highest BCUT2D eigenvalue weighted by Crippen LogP contribution is 2.40. The number of hydrogen-bond acceptors (Lipinski definition) is 6. The molecular weight excluding hydrogens is 370 g/mol. The number of rotatable bonds is 8. The highest BCUT2D eigenvalue weighted by Gasteiger charge is 2.37. The Morgan fingerprint density at radius 1 is 1.28 bits per heavy atom. The molecule has 0 saturated carbocycles. The number of carbonyl (C=O) groups is 1. The normalized spacial score (nSPS) is 17.0. The van der Waals surface area contributed by atoms with Crippen LogP contribution in [-0.2, 0) is 14.9 Å². The van der Waals surface area contributed by atoms with E-state index in [1.807, 2.05) is 13.0 Å². The monoisotopic (exact) mass is 401 g/mol. The lowest BCUT2D eigenvalue weighted by Gasteiger charge is -2.39. The van der Waals surface area contributed by atoms with Crippen LogP contribution in [0.5, 0.6) is 5.75 Å². The Balaban J connectivity index is 1.78. The molecule has 0 radical (unpaired) electrons. The molecule has 7 heteroatoms. The maximum absolute atomic E-state index is 12.7. The smallest absolute Gasteiger partial charge is 0.242 e. The molecule has 0 aliphatic carbocycles. The van der Waals surface area contributed by atoms with Gasteiger partial charge >= 0.3 is 0 Å². The molecule has 1 amide bonds.